The van der Waals surface area contributed by atoms with Crippen molar-refractivity contribution in [3.05, 3.63) is 46.2 Å². The molecule has 14 heavy (non-hydrogen) atoms. The number of aryl methyl sites for hydroxylation is 1. The molecule has 2 rings (SSSR count). The fourth-order valence-electron chi connectivity index (χ4n) is 2.21. The highest BCUT2D eigenvalue weighted by Gasteiger charge is 2.24. The molecule has 0 saturated carbocycles. The van der Waals surface area contributed by atoms with Crippen molar-refractivity contribution in [3.8, 4) is 0 Å². The zero-order valence-electron chi connectivity index (χ0n) is 7.89. The highest BCUT2D eigenvalue weighted by Crippen LogP contribution is 2.40. The second kappa shape index (κ2) is 3.85. The fourth-order valence-corrected chi connectivity index (χ4v) is 3.01. The van der Waals surface area contributed by atoms with Gasteiger partial charge in [-0.3, -0.25) is 0 Å². The summed E-state index contributed by atoms with van der Waals surface area (Å²) >= 11 is 3.43. The Hall–Kier alpha value is -0.630. The molecule has 0 spiro atoms. The molecular formula is C12H12BrF. The molecule has 74 valence electrons. The van der Waals surface area contributed by atoms with Crippen LogP contribution in [-0.2, 0) is 6.42 Å². The second-order valence-electron chi connectivity index (χ2n) is 3.72. The van der Waals surface area contributed by atoms with Gasteiger partial charge >= 0.3 is 0 Å². The summed E-state index contributed by atoms with van der Waals surface area (Å²) in [6.45, 7) is 3.75. The Morgan fingerprint density at radius 3 is 3.07 bits per heavy atom. The van der Waals surface area contributed by atoms with Crippen molar-refractivity contribution in [1.29, 1.82) is 0 Å². The van der Waals surface area contributed by atoms with Gasteiger partial charge in [-0.05, 0) is 48.4 Å². The van der Waals surface area contributed by atoms with E-state index in [1.54, 1.807) is 12.1 Å². The van der Waals surface area contributed by atoms with Crippen LogP contribution in [0, 0.1) is 5.82 Å². The summed E-state index contributed by atoms with van der Waals surface area (Å²) in [4.78, 5) is 0. The van der Waals surface area contributed by atoms with Crippen molar-refractivity contribution >= 4 is 15.9 Å². The third kappa shape index (κ3) is 1.63. The van der Waals surface area contributed by atoms with Crippen molar-refractivity contribution in [1.82, 2.24) is 0 Å². The third-order valence-corrected chi connectivity index (χ3v) is 3.46. The molecule has 0 amide bonds. The Kier molecular flexibility index (Phi) is 2.73. The minimum atomic E-state index is -0.144. The zero-order chi connectivity index (χ0) is 10.1. The lowest BCUT2D eigenvalue weighted by molar-refractivity contribution is 0.624. The maximum absolute atomic E-state index is 13.1. The molecule has 0 aromatic heterocycles. The molecular weight excluding hydrogens is 243 g/mol. The molecule has 0 radical (unpaired) electrons. The van der Waals surface area contributed by atoms with E-state index in [-0.39, 0.29) is 5.82 Å². The molecule has 1 unspecified atom stereocenters. The van der Waals surface area contributed by atoms with Crippen LogP contribution in [0.25, 0.3) is 0 Å². The van der Waals surface area contributed by atoms with Gasteiger partial charge in [-0.1, -0.05) is 22.0 Å². The van der Waals surface area contributed by atoms with Crippen LogP contribution in [-0.4, -0.2) is 0 Å². The van der Waals surface area contributed by atoms with Crippen molar-refractivity contribution < 1.29 is 4.39 Å². The second-order valence-corrected chi connectivity index (χ2v) is 4.57. The van der Waals surface area contributed by atoms with Crippen LogP contribution in [0.4, 0.5) is 4.39 Å². The molecule has 1 atom stereocenters. The molecule has 0 nitrogen and oxygen atoms in total. The van der Waals surface area contributed by atoms with Crippen molar-refractivity contribution in [3.63, 3.8) is 0 Å². The molecule has 1 aromatic rings. The van der Waals surface area contributed by atoms with E-state index in [9.17, 15) is 4.39 Å². The minimum absolute atomic E-state index is 0.144. The van der Waals surface area contributed by atoms with E-state index in [4.69, 9.17) is 0 Å². The Morgan fingerprint density at radius 2 is 2.36 bits per heavy atom. The number of fused-ring (bicyclic) bond motifs is 1. The van der Waals surface area contributed by atoms with Gasteiger partial charge in [0.05, 0.1) is 0 Å². The predicted octanol–water partition coefficient (Wildman–Crippen LogP) is 4.19. The number of halogens is 2. The average molecular weight is 255 g/mol. The largest absolute Gasteiger partial charge is 0.207 e. The fraction of sp³-hybridized carbons (Fsp3) is 0.333. The molecule has 1 aliphatic rings. The van der Waals surface area contributed by atoms with Crippen LogP contribution >= 0.6 is 15.9 Å². The van der Waals surface area contributed by atoms with E-state index >= 15 is 0 Å². The van der Waals surface area contributed by atoms with Crippen molar-refractivity contribution in [2.24, 2.45) is 0 Å². The topological polar surface area (TPSA) is 0 Å². The first kappa shape index (κ1) is 9.91. The zero-order valence-corrected chi connectivity index (χ0v) is 9.48. The number of rotatable bonds is 2. The van der Waals surface area contributed by atoms with Gasteiger partial charge in [-0.25, -0.2) is 4.39 Å². The minimum Gasteiger partial charge on any atom is -0.207 e. The van der Waals surface area contributed by atoms with Gasteiger partial charge in [0.15, 0.2) is 0 Å². The van der Waals surface area contributed by atoms with Crippen LogP contribution in [0.2, 0.25) is 0 Å². The number of hydrogen-bond acceptors (Lipinski definition) is 0. The van der Waals surface area contributed by atoms with E-state index in [0.717, 1.165) is 29.3 Å². The van der Waals surface area contributed by atoms with Crippen LogP contribution in [0.1, 0.15) is 29.9 Å². The monoisotopic (exact) mass is 254 g/mol. The summed E-state index contributed by atoms with van der Waals surface area (Å²) in [6.07, 6.45) is 5.03. The Labute approximate surface area is 92.0 Å². The normalized spacial score (nSPS) is 19.4. The van der Waals surface area contributed by atoms with E-state index in [1.165, 1.54) is 5.56 Å². The van der Waals surface area contributed by atoms with Gasteiger partial charge in [-0.2, -0.15) is 0 Å². The van der Waals surface area contributed by atoms with Crippen LogP contribution in [0.3, 0.4) is 0 Å². The Morgan fingerprint density at radius 1 is 1.57 bits per heavy atom. The summed E-state index contributed by atoms with van der Waals surface area (Å²) in [6, 6.07) is 3.21. The van der Waals surface area contributed by atoms with Gasteiger partial charge < -0.3 is 0 Å². The summed E-state index contributed by atoms with van der Waals surface area (Å²) in [5, 5.41) is 0. The number of hydrogen-bond donors (Lipinski definition) is 0. The summed E-state index contributed by atoms with van der Waals surface area (Å²) in [5.41, 5.74) is 2.44. The first-order chi connectivity index (χ1) is 6.72. The quantitative estimate of drug-likeness (QED) is 0.695. The van der Waals surface area contributed by atoms with E-state index in [0.29, 0.717) is 5.92 Å². The molecule has 0 aliphatic heterocycles. The molecule has 0 N–H and O–H groups in total. The van der Waals surface area contributed by atoms with E-state index in [1.807, 2.05) is 6.08 Å². The first-order valence-electron chi connectivity index (χ1n) is 4.81. The van der Waals surface area contributed by atoms with Gasteiger partial charge in [0.2, 0.25) is 0 Å². The highest BCUT2D eigenvalue weighted by atomic mass is 79.9. The van der Waals surface area contributed by atoms with Crippen molar-refractivity contribution in [2.75, 3.05) is 0 Å². The molecule has 0 bridgehead atoms. The smallest absolute Gasteiger partial charge is 0.124 e. The average Bonchev–Trinajstić information content (AvgIpc) is 2.49. The van der Waals surface area contributed by atoms with E-state index < -0.39 is 0 Å². The third-order valence-electron chi connectivity index (χ3n) is 2.80. The van der Waals surface area contributed by atoms with Gasteiger partial charge in [0.25, 0.3) is 0 Å². The summed E-state index contributed by atoms with van der Waals surface area (Å²) in [5.74, 6) is 0.382. The van der Waals surface area contributed by atoms with Crippen LogP contribution < -0.4 is 0 Å². The van der Waals surface area contributed by atoms with Crippen LogP contribution in [0.5, 0.6) is 0 Å². The summed E-state index contributed by atoms with van der Waals surface area (Å²) < 4.78 is 14.0. The highest BCUT2D eigenvalue weighted by molar-refractivity contribution is 9.10. The predicted molar refractivity (Wildman–Crippen MR) is 60.0 cm³/mol. The Balaban J connectivity index is 2.43. The van der Waals surface area contributed by atoms with Gasteiger partial charge in [0.1, 0.15) is 5.82 Å². The molecule has 1 aromatic carbocycles. The lowest BCUT2D eigenvalue weighted by atomic mass is 9.98. The van der Waals surface area contributed by atoms with Gasteiger partial charge in [-0.15, -0.1) is 6.58 Å². The Bertz CT molecular complexity index is 371. The van der Waals surface area contributed by atoms with E-state index in [2.05, 4.69) is 22.5 Å². The first-order valence-corrected chi connectivity index (χ1v) is 5.60. The maximum atomic E-state index is 13.1. The molecule has 1 aliphatic carbocycles. The number of allylic oxidation sites excluding steroid dienone is 1. The number of benzene rings is 1. The maximum Gasteiger partial charge on any atom is 0.124 e. The van der Waals surface area contributed by atoms with Crippen LogP contribution in [0.15, 0.2) is 29.3 Å². The molecule has 0 saturated heterocycles. The lowest BCUT2D eigenvalue weighted by Crippen LogP contribution is -1.93. The van der Waals surface area contributed by atoms with Crippen molar-refractivity contribution in [2.45, 2.75) is 25.2 Å². The molecule has 0 fully saturated rings. The standard InChI is InChI=1S/C12H12BrF/c1-2-3-8-4-5-9-6-10(14)7-11(13)12(8)9/h2,6-8H,1,3-5H2. The molecule has 2 heteroatoms. The summed E-state index contributed by atoms with van der Waals surface area (Å²) in [7, 11) is 0. The molecule has 0 heterocycles. The SMILES string of the molecule is C=CCC1CCc2cc(F)cc(Br)c21. The lowest BCUT2D eigenvalue weighted by Gasteiger charge is -2.10. The van der Waals surface area contributed by atoms with Gasteiger partial charge in [0, 0.05) is 4.47 Å².